The number of ketones is 1. The van der Waals surface area contributed by atoms with Crippen molar-refractivity contribution in [2.24, 2.45) is 0 Å². The maximum absolute atomic E-state index is 11.8. The summed E-state index contributed by atoms with van der Waals surface area (Å²) in [5.41, 5.74) is 0. The molecule has 2 nitrogen and oxygen atoms in total. The number of thiophene rings is 1. The lowest BCUT2D eigenvalue weighted by Gasteiger charge is -2.04. The average Bonchev–Trinajstić information content (AvgIpc) is 2.75. The van der Waals surface area contributed by atoms with E-state index in [0.29, 0.717) is 10.8 Å². The quantitative estimate of drug-likeness (QED) is 0.783. The van der Waals surface area contributed by atoms with Gasteiger partial charge in [-0.3, -0.25) is 4.79 Å². The first-order valence-electron chi connectivity index (χ1n) is 5.13. The van der Waals surface area contributed by atoms with Gasteiger partial charge in [-0.1, -0.05) is 11.6 Å². The first-order valence-corrected chi connectivity index (χ1v) is 6.32. The van der Waals surface area contributed by atoms with Crippen molar-refractivity contribution >= 4 is 28.7 Å². The minimum Gasteiger partial charge on any atom is -0.485 e. The zero-order chi connectivity index (χ0) is 12.3. The van der Waals surface area contributed by atoms with Crippen molar-refractivity contribution < 1.29 is 9.53 Å². The van der Waals surface area contributed by atoms with E-state index in [1.165, 1.54) is 11.3 Å². The molecule has 0 N–H and O–H groups in total. The fourth-order valence-electron chi connectivity index (χ4n) is 1.34. The molecule has 4 heteroatoms. The molecule has 0 aliphatic rings. The molecular formula is C13H11ClO2S. The van der Waals surface area contributed by atoms with Gasteiger partial charge in [0.15, 0.2) is 6.61 Å². The lowest BCUT2D eigenvalue weighted by Crippen LogP contribution is -2.09. The van der Waals surface area contributed by atoms with Crippen LogP contribution < -0.4 is 4.74 Å². The van der Waals surface area contributed by atoms with E-state index in [2.05, 4.69) is 0 Å². The largest absolute Gasteiger partial charge is 0.485 e. The molecule has 0 saturated heterocycles. The summed E-state index contributed by atoms with van der Waals surface area (Å²) in [4.78, 5) is 13.6. The number of ether oxygens (including phenoxy) is 1. The Bertz CT molecular complexity index is 516. The normalized spacial score (nSPS) is 10.2. The zero-order valence-corrected chi connectivity index (χ0v) is 10.8. The molecule has 17 heavy (non-hydrogen) atoms. The van der Waals surface area contributed by atoms with Gasteiger partial charge in [-0.2, -0.15) is 0 Å². The summed E-state index contributed by atoms with van der Waals surface area (Å²) >= 11 is 7.23. The third kappa shape index (κ3) is 3.32. The van der Waals surface area contributed by atoms with Crippen LogP contribution in [0.4, 0.5) is 0 Å². The summed E-state index contributed by atoms with van der Waals surface area (Å²) in [5.74, 6) is 0.647. The van der Waals surface area contributed by atoms with Crippen LogP contribution in [-0.4, -0.2) is 12.4 Å². The molecule has 1 heterocycles. The average molecular weight is 267 g/mol. The van der Waals surface area contributed by atoms with E-state index in [9.17, 15) is 4.79 Å². The Morgan fingerprint density at radius 1 is 1.24 bits per heavy atom. The topological polar surface area (TPSA) is 26.3 Å². The van der Waals surface area contributed by atoms with Gasteiger partial charge in [0, 0.05) is 9.90 Å². The van der Waals surface area contributed by atoms with Crippen LogP contribution >= 0.6 is 22.9 Å². The van der Waals surface area contributed by atoms with E-state index >= 15 is 0 Å². The van der Waals surface area contributed by atoms with Gasteiger partial charge >= 0.3 is 0 Å². The third-order valence-electron chi connectivity index (χ3n) is 2.20. The minimum absolute atomic E-state index is 0.00181. The summed E-state index contributed by atoms with van der Waals surface area (Å²) in [6, 6.07) is 10.7. The standard InChI is InChI=1S/C13H11ClO2S/c1-9-2-7-13(17-9)12(15)8-16-11-5-3-10(14)4-6-11/h2-7H,8H2,1H3. The Kier molecular flexibility index (Phi) is 3.82. The first kappa shape index (κ1) is 12.1. The predicted octanol–water partition coefficient (Wildman–Crippen LogP) is 3.97. The highest BCUT2D eigenvalue weighted by molar-refractivity contribution is 7.14. The summed E-state index contributed by atoms with van der Waals surface area (Å²) in [5, 5.41) is 0.651. The predicted molar refractivity (Wildman–Crippen MR) is 70.3 cm³/mol. The summed E-state index contributed by atoms with van der Waals surface area (Å²) < 4.78 is 5.38. The van der Waals surface area contributed by atoms with Crippen molar-refractivity contribution in [2.75, 3.05) is 6.61 Å². The van der Waals surface area contributed by atoms with Crippen LogP contribution in [0.2, 0.25) is 5.02 Å². The number of rotatable bonds is 4. The Balaban J connectivity index is 1.94. The Hall–Kier alpha value is -1.32. The van der Waals surface area contributed by atoms with Crippen LogP contribution in [0.5, 0.6) is 5.75 Å². The van der Waals surface area contributed by atoms with Crippen LogP contribution in [0.1, 0.15) is 14.5 Å². The first-order chi connectivity index (χ1) is 8.15. The molecule has 0 atom stereocenters. The highest BCUT2D eigenvalue weighted by atomic mass is 35.5. The fourth-order valence-corrected chi connectivity index (χ4v) is 2.25. The van der Waals surface area contributed by atoms with E-state index < -0.39 is 0 Å². The molecule has 0 fully saturated rings. The van der Waals surface area contributed by atoms with Gasteiger partial charge in [-0.15, -0.1) is 11.3 Å². The molecule has 0 radical (unpaired) electrons. The molecular weight excluding hydrogens is 256 g/mol. The van der Waals surface area contributed by atoms with Gasteiger partial charge in [0.05, 0.1) is 4.88 Å². The molecule has 0 aliphatic carbocycles. The smallest absolute Gasteiger partial charge is 0.210 e. The van der Waals surface area contributed by atoms with Crippen LogP contribution in [0.3, 0.4) is 0 Å². The Labute approximate surface area is 109 Å². The molecule has 1 aromatic carbocycles. The van der Waals surface area contributed by atoms with Gasteiger partial charge < -0.3 is 4.74 Å². The van der Waals surface area contributed by atoms with Gasteiger partial charge in [0.25, 0.3) is 0 Å². The SMILES string of the molecule is Cc1ccc(C(=O)COc2ccc(Cl)cc2)s1. The summed E-state index contributed by atoms with van der Waals surface area (Å²) in [6.45, 7) is 2.03. The molecule has 2 aromatic rings. The number of carbonyl (C=O) groups is 1. The van der Waals surface area contributed by atoms with Gasteiger partial charge in [-0.05, 0) is 43.3 Å². The number of aryl methyl sites for hydroxylation is 1. The molecule has 0 saturated carbocycles. The van der Waals surface area contributed by atoms with Crippen LogP contribution in [-0.2, 0) is 0 Å². The zero-order valence-electron chi connectivity index (χ0n) is 9.27. The number of halogens is 1. The molecule has 88 valence electrons. The lowest BCUT2D eigenvalue weighted by molar-refractivity contribution is 0.0925. The van der Waals surface area contributed by atoms with Crippen molar-refractivity contribution in [1.29, 1.82) is 0 Å². The van der Waals surface area contributed by atoms with Crippen molar-refractivity contribution in [2.45, 2.75) is 6.92 Å². The fraction of sp³-hybridized carbons (Fsp3) is 0.154. The number of benzene rings is 1. The van der Waals surface area contributed by atoms with E-state index in [-0.39, 0.29) is 12.4 Å². The maximum Gasteiger partial charge on any atom is 0.210 e. The number of hydrogen-bond acceptors (Lipinski definition) is 3. The number of hydrogen-bond donors (Lipinski definition) is 0. The summed E-state index contributed by atoms with van der Waals surface area (Å²) in [6.07, 6.45) is 0. The van der Waals surface area contributed by atoms with E-state index in [4.69, 9.17) is 16.3 Å². The van der Waals surface area contributed by atoms with Crippen LogP contribution in [0.25, 0.3) is 0 Å². The molecule has 0 unspecified atom stereocenters. The van der Waals surface area contributed by atoms with Crippen LogP contribution in [0, 0.1) is 6.92 Å². The second-order valence-electron chi connectivity index (χ2n) is 3.58. The van der Waals surface area contributed by atoms with Crippen molar-refractivity contribution in [3.63, 3.8) is 0 Å². The second-order valence-corrected chi connectivity index (χ2v) is 5.30. The number of Topliss-reactive ketones (excluding diaryl/α,β-unsaturated/α-hetero) is 1. The molecule has 0 aliphatic heterocycles. The lowest BCUT2D eigenvalue weighted by atomic mass is 10.3. The minimum atomic E-state index is -0.00181. The highest BCUT2D eigenvalue weighted by Gasteiger charge is 2.08. The second kappa shape index (κ2) is 5.34. The monoisotopic (exact) mass is 266 g/mol. The molecule has 0 spiro atoms. The van der Waals surface area contributed by atoms with Crippen molar-refractivity contribution in [3.8, 4) is 5.75 Å². The highest BCUT2D eigenvalue weighted by Crippen LogP contribution is 2.18. The van der Waals surface area contributed by atoms with Crippen molar-refractivity contribution in [1.82, 2.24) is 0 Å². The van der Waals surface area contributed by atoms with Gasteiger partial charge in [0.2, 0.25) is 5.78 Å². The number of carbonyl (C=O) groups excluding carboxylic acids is 1. The maximum atomic E-state index is 11.8. The Morgan fingerprint density at radius 3 is 2.53 bits per heavy atom. The molecule has 0 amide bonds. The van der Waals surface area contributed by atoms with E-state index in [0.717, 1.165) is 9.75 Å². The molecule has 2 rings (SSSR count). The van der Waals surface area contributed by atoms with Crippen LogP contribution in [0.15, 0.2) is 36.4 Å². The van der Waals surface area contributed by atoms with E-state index in [1.807, 2.05) is 19.1 Å². The third-order valence-corrected chi connectivity index (χ3v) is 3.49. The molecule has 1 aromatic heterocycles. The van der Waals surface area contributed by atoms with Gasteiger partial charge in [0.1, 0.15) is 5.75 Å². The van der Waals surface area contributed by atoms with E-state index in [1.54, 1.807) is 24.3 Å². The summed E-state index contributed by atoms with van der Waals surface area (Å²) in [7, 11) is 0. The molecule has 0 bridgehead atoms. The van der Waals surface area contributed by atoms with Gasteiger partial charge in [-0.25, -0.2) is 0 Å². The van der Waals surface area contributed by atoms with Crippen molar-refractivity contribution in [3.05, 3.63) is 51.2 Å². The Morgan fingerprint density at radius 2 is 1.94 bits per heavy atom.